The van der Waals surface area contributed by atoms with Crippen molar-refractivity contribution in [1.82, 2.24) is 9.88 Å². The summed E-state index contributed by atoms with van der Waals surface area (Å²) in [5.41, 5.74) is 3.93. The van der Waals surface area contributed by atoms with E-state index in [-0.39, 0.29) is 11.1 Å². The van der Waals surface area contributed by atoms with Crippen LogP contribution < -0.4 is 5.32 Å². The number of para-hydroxylation sites is 1. The summed E-state index contributed by atoms with van der Waals surface area (Å²) in [6.45, 7) is 6.65. The predicted molar refractivity (Wildman–Crippen MR) is 157 cm³/mol. The summed E-state index contributed by atoms with van der Waals surface area (Å²) in [4.78, 5) is 5.30. The fourth-order valence-electron chi connectivity index (χ4n) is 6.02. The Hall–Kier alpha value is -4.00. The van der Waals surface area contributed by atoms with Gasteiger partial charge in [0, 0.05) is 41.5 Å². The molecule has 0 amide bonds. The molecule has 5 aromatic rings. The number of nitrogens with one attached hydrogen (secondary N) is 2. The Morgan fingerprint density at radius 2 is 1.50 bits per heavy atom. The summed E-state index contributed by atoms with van der Waals surface area (Å²) >= 11 is 0. The first-order chi connectivity index (χ1) is 19.2. The molecule has 1 unspecified atom stereocenters. The first-order valence-corrected chi connectivity index (χ1v) is 13.6. The Bertz CT molecular complexity index is 1620. The van der Waals surface area contributed by atoms with Gasteiger partial charge in [-0.15, -0.1) is 0 Å². The largest absolute Gasteiger partial charge is 0.389 e. The Labute approximate surface area is 233 Å². The summed E-state index contributed by atoms with van der Waals surface area (Å²) < 4.78 is 32.8. The molecule has 4 aromatic carbocycles. The zero-order chi connectivity index (χ0) is 28.0. The molecule has 0 aliphatic carbocycles. The second kappa shape index (κ2) is 10.2. The number of aromatic nitrogens is 1. The van der Waals surface area contributed by atoms with Crippen LogP contribution >= 0.6 is 0 Å². The third kappa shape index (κ3) is 4.57. The van der Waals surface area contributed by atoms with Crippen molar-refractivity contribution in [1.29, 1.82) is 0 Å². The normalized spacial score (nSPS) is 18.1. The molecular weight excluding hydrogens is 504 g/mol. The van der Waals surface area contributed by atoms with E-state index < -0.39 is 29.3 Å². The van der Waals surface area contributed by atoms with Crippen LogP contribution in [0.5, 0.6) is 0 Å². The second-order valence-corrected chi connectivity index (χ2v) is 11.3. The number of nitrogens with zero attached hydrogens (tertiary/aromatic N) is 1. The number of H-pyrrole nitrogens is 1. The number of anilines is 1. The van der Waals surface area contributed by atoms with Gasteiger partial charge in [0.2, 0.25) is 0 Å². The van der Waals surface area contributed by atoms with E-state index in [1.165, 1.54) is 6.07 Å². The van der Waals surface area contributed by atoms with Crippen molar-refractivity contribution in [3.8, 4) is 11.1 Å². The lowest BCUT2D eigenvalue weighted by Gasteiger charge is -2.48. The Balaban J connectivity index is 1.56. The molecule has 2 atom stereocenters. The number of halogens is 2. The molecule has 2 heterocycles. The zero-order valence-corrected chi connectivity index (χ0v) is 22.9. The Morgan fingerprint density at radius 3 is 2.12 bits per heavy atom. The van der Waals surface area contributed by atoms with Gasteiger partial charge in [0.05, 0.1) is 28.8 Å². The Kier molecular flexibility index (Phi) is 6.69. The van der Waals surface area contributed by atoms with E-state index in [2.05, 4.69) is 15.2 Å². The summed E-state index contributed by atoms with van der Waals surface area (Å²) in [6.07, 6.45) is 0.865. The fourth-order valence-corrected chi connectivity index (χ4v) is 6.02. The standard InChI is InChI=1S/C34H33F2N3O/c1-21-18-37-31-24(21)15-10-16-25(31)28-26(35)17-27-29(30(28)36)32(33(40)34(2,3)38-27)39(19-22-11-6-4-7-12-22)20-23-13-8-5-9-14-23/h4-18,32-33,37-38,40H,19-20H2,1-3H3/t32-,33?/m0/s1. The van der Waals surface area contributed by atoms with E-state index >= 15 is 8.78 Å². The van der Waals surface area contributed by atoms with Crippen LogP contribution in [0.4, 0.5) is 14.5 Å². The Morgan fingerprint density at radius 1 is 0.875 bits per heavy atom. The summed E-state index contributed by atoms with van der Waals surface area (Å²) in [5.74, 6) is -1.31. The molecule has 1 aromatic heterocycles. The third-order valence-corrected chi connectivity index (χ3v) is 8.09. The second-order valence-electron chi connectivity index (χ2n) is 11.3. The van der Waals surface area contributed by atoms with E-state index in [9.17, 15) is 5.11 Å². The van der Waals surface area contributed by atoms with E-state index in [0.29, 0.717) is 29.9 Å². The first-order valence-electron chi connectivity index (χ1n) is 13.6. The lowest BCUT2D eigenvalue weighted by atomic mass is 9.79. The quantitative estimate of drug-likeness (QED) is 0.208. The number of aryl methyl sites for hydroxylation is 1. The van der Waals surface area contributed by atoms with Crippen molar-refractivity contribution in [3.05, 3.63) is 125 Å². The number of aliphatic hydroxyl groups excluding tert-OH is 1. The molecular formula is C34H33F2N3O. The smallest absolute Gasteiger partial charge is 0.141 e. The van der Waals surface area contributed by atoms with Crippen LogP contribution in [0.1, 0.15) is 42.1 Å². The van der Waals surface area contributed by atoms with Crippen molar-refractivity contribution in [2.45, 2.75) is 51.5 Å². The number of hydrogen-bond acceptors (Lipinski definition) is 3. The van der Waals surface area contributed by atoms with Crippen LogP contribution in [0.15, 0.2) is 91.1 Å². The van der Waals surface area contributed by atoms with Gasteiger partial charge in [0.25, 0.3) is 0 Å². The van der Waals surface area contributed by atoms with E-state index in [1.54, 1.807) is 6.07 Å². The molecule has 40 heavy (non-hydrogen) atoms. The van der Waals surface area contributed by atoms with Gasteiger partial charge in [0.15, 0.2) is 0 Å². The highest BCUT2D eigenvalue weighted by molar-refractivity contribution is 5.96. The molecule has 4 nitrogen and oxygen atoms in total. The summed E-state index contributed by atoms with van der Waals surface area (Å²) in [6, 6.07) is 26.1. The molecule has 204 valence electrons. The SMILES string of the molecule is Cc1c[nH]c2c(-c3c(F)cc4c(c3F)[C@H](N(Cc3ccccc3)Cc3ccccc3)C(O)C(C)(C)N4)cccc12. The van der Waals surface area contributed by atoms with E-state index in [0.717, 1.165) is 22.1 Å². The molecule has 0 fully saturated rings. The highest BCUT2D eigenvalue weighted by atomic mass is 19.1. The van der Waals surface area contributed by atoms with Gasteiger partial charge in [-0.3, -0.25) is 4.90 Å². The number of rotatable bonds is 6. The molecule has 3 N–H and O–H groups in total. The average molecular weight is 538 g/mol. The van der Waals surface area contributed by atoms with Crippen molar-refractivity contribution in [2.75, 3.05) is 5.32 Å². The van der Waals surface area contributed by atoms with Gasteiger partial charge in [-0.05, 0) is 43.5 Å². The first kappa shape index (κ1) is 26.2. The number of fused-ring (bicyclic) bond motifs is 2. The van der Waals surface area contributed by atoms with Gasteiger partial charge in [-0.2, -0.15) is 0 Å². The molecule has 1 aliphatic rings. The van der Waals surface area contributed by atoms with Crippen molar-refractivity contribution < 1.29 is 13.9 Å². The number of hydrogen-bond donors (Lipinski definition) is 3. The van der Waals surface area contributed by atoms with Crippen LogP contribution in [0.2, 0.25) is 0 Å². The van der Waals surface area contributed by atoms with Crippen LogP contribution in [-0.4, -0.2) is 26.6 Å². The highest BCUT2D eigenvalue weighted by Crippen LogP contribution is 2.47. The number of benzene rings is 4. The van der Waals surface area contributed by atoms with Crippen LogP contribution in [0.25, 0.3) is 22.0 Å². The molecule has 6 rings (SSSR count). The molecule has 0 spiro atoms. The van der Waals surface area contributed by atoms with Gasteiger partial charge in [0.1, 0.15) is 11.6 Å². The topological polar surface area (TPSA) is 51.3 Å². The summed E-state index contributed by atoms with van der Waals surface area (Å²) in [7, 11) is 0. The van der Waals surface area contributed by atoms with E-state index in [4.69, 9.17) is 0 Å². The maximum Gasteiger partial charge on any atom is 0.141 e. The van der Waals surface area contributed by atoms with Crippen molar-refractivity contribution in [2.24, 2.45) is 0 Å². The van der Waals surface area contributed by atoms with Crippen LogP contribution in [0.3, 0.4) is 0 Å². The molecule has 6 heteroatoms. The van der Waals surface area contributed by atoms with Crippen LogP contribution in [0, 0.1) is 18.6 Å². The van der Waals surface area contributed by atoms with Crippen molar-refractivity contribution in [3.63, 3.8) is 0 Å². The minimum Gasteiger partial charge on any atom is -0.389 e. The minimum absolute atomic E-state index is 0.0933. The van der Waals surface area contributed by atoms with Crippen LogP contribution in [-0.2, 0) is 13.1 Å². The van der Waals surface area contributed by atoms with Gasteiger partial charge < -0.3 is 15.4 Å². The minimum atomic E-state index is -0.983. The fraction of sp³-hybridized carbons (Fsp3) is 0.235. The molecule has 0 saturated carbocycles. The lowest BCUT2D eigenvalue weighted by molar-refractivity contribution is -0.00193. The maximum atomic E-state index is 16.9. The molecule has 0 saturated heterocycles. The monoisotopic (exact) mass is 537 g/mol. The number of aromatic amines is 1. The zero-order valence-electron chi connectivity index (χ0n) is 22.9. The lowest BCUT2D eigenvalue weighted by Crippen LogP contribution is -2.55. The molecule has 0 bridgehead atoms. The highest BCUT2D eigenvalue weighted by Gasteiger charge is 2.46. The third-order valence-electron chi connectivity index (χ3n) is 8.09. The molecule has 1 aliphatic heterocycles. The number of aliphatic hydroxyl groups is 1. The van der Waals surface area contributed by atoms with Gasteiger partial charge in [-0.1, -0.05) is 78.9 Å². The van der Waals surface area contributed by atoms with Gasteiger partial charge in [-0.25, -0.2) is 8.78 Å². The van der Waals surface area contributed by atoms with Crippen molar-refractivity contribution >= 4 is 16.6 Å². The van der Waals surface area contributed by atoms with Gasteiger partial charge >= 0.3 is 0 Å². The average Bonchev–Trinajstić information content (AvgIpc) is 3.32. The predicted octanol–water partition coefficient (Wildman–Crippen LogP) is 7.73. The maximum absolute atomic E-state index is 16.9. The van der Waals surface area contributed by atoms with E-state index in [1.807, 2.05) is 99.8 Å². The summed E-state index contributed by atoms with van der Waals surface area (Å²) in [5, 5.41) is 16.0. The molecule has 0 radical (unpaired) electrons.